The van der Waals surface area contributed by atoms with Crippen molar-refractivity contribution in [3.05, 3.63) is 92.0 Å². The summed E-state index contributed by atoms with van der Waals surface area (Å²) in [5.74, 6) is 1.09. The third-order valence-electron chi connectivity index (χ3n) is 4.17. The van der Waals surface area contributed by atoms with E-state index in [-0.39, 0.29) is 12.3 Å². The number of nitro groups is 1. The monoisotopic (exact) mass is 459 g/mol. The van der Waals surface area contributed by atoms with Crippen molar-refractivity contribution < 1.29 is 14.4 Å². The first-order chi connectivity index (χ1) is 15.0. The molecule has 3 rings (SSSR count). The van der Waals surface area contributed by atoms with E-state index in [9.17, 15) is 10.1 Å². The van der Waals surface area contributed by atoms with Crippen LogP contribution in [0.1, 0.15) is 18.1 Å². The normalized spacial score (nSPS) is 10.8. The van der Waals surface area contributed by atoms with Crippen LogP contribution >= 0.6 is 23.2 Å². The van der Waals surface area contributed by atoms with E-state index in [1.807, 2.05) is 13.0 Å². The summed E-state index contributed by atoms with van der Waals surface area (Å²) in [7, 11) is 0. The summed E-state index contributed by atoms with van der Waals surface area (Å²) in [4.78, 5) is 10.4. The molecule has 0 amide bonds. The molecule has 9 heteroatoms. The average molecular weight is 460 g/mol. The molecule has 0 aliphatic carbocycles. The number of nitrogens with one attached hydrogen (secondary N) is 1. The van der Waals surface area contributed by atoms with Gasteiger partial charge in [-0.2, -0.15) is 5.10 Å². The number of hydrazone groups is 1. The molecule has 0 unspecified atom stereocenters. The van der Waals surface area contributed by atoms with Crippen molar-refractivity contribution in [1.29, 1.82) is 0 Å². The Hall–Kier alpha value is -3.29. The van der Waals surface area contributed by atoms with E-state index in [4.69, 9.17) is 32.7 Å². The van der Waals surface area contributed by atoms with E-state index in [0.29, 0.717) is 39.4 Å². The molecule has 3 aromatic rings. The summed E-state index contributed by atoms with van der Waals surface area (Å²) < 4.78 is 11.6. The van der Waals surface area contributed by atoms with Gasteiger partial charge in [-0.25, -0.2) is 0 Å². The second kappa shape index (κ2) is 10.7. The van der Waals surface area contributed by atoms with Gasteiger partial charge in [0.05, 0.1) is 23.4 Å². The molecule has 0 heterocycles. The Bertz CT molecular complexity index is 1090. The number of hydrogen-bond acceptors (Lipinski definition) is 6. The average Bonchev–Trinajstić information content (AvgIpc) is 2.75. The maximum Gasteiger partial charge on any atom is 0.271 e. The van der Waals surface area contributed by atoms with Crippen LogP contribution in [0.15, 0.2) is 65.8 Å². The number of non-ortho nitro benzene ring substituents is 1. The van der Waals surface area contributed by atoms with Crippen LogP contribution in [-0.4, -0.2) is 17.7 Å². The van der Waals surface area contributed by atoms with Gasteiger partial charge in [0.25, 0.3) is 5.69 Å². The maximum absolute atomic E-state index is 10.9. The van der Waals surface area contributed by atoms with Gasteiger partial charge in [0.1, 0.15) is 6.61 Å². The Morgan fingerprint density at radius 2 is 1.77 bits per heavy atom. The smallest absolute Gasteiger partial charge is 0.271 e. The summed E-state index contributed by atoms with van der Waals surface area (Å²) in [6, 6.07) is 16.7. The van der Waals surface area contributed by atoms with Gasteiger partial charge >= 0.3 is 0 Å². The minimum atomic E-state index is -0.461. The van der Waals surface area contributed by atoms with Crippen LogP contribution in [0.5, 0.6) is 11.5 Å². The molecular weight excluding hydrogens is 441 g/mol. The topological polar surface area (TPSA) is 86.0 Å². The molecule has 0 radical (unpaired) electrons. The summed E-state index contributed by atoms with van der Waals surface area (Å²) in [5, 5.41) is 16.0. The second-order valence-corrected chi connectivity index (χ2v) is 7.12. The van der Waals surface area contributed by atoms with E-state index in [0.717, 1.165) is 5.56 Å². The van der Waals surface area contributed by atoms with Crippen molar-refractivity contribution in [2.45, 2.75) is 13.5 Å². The zero-order chi connectivity index (χ0) is 22.2. The Morgan fingerprint density at radius 1 is 1.03 bits per heavy atom. The first-order valence-corrected chi connectivity index (χ1v) is 10.1. The quantitative estimate of drug-likeness (QED) is 0.229. The van der Waals surface area contributed by atoms with Crippen molar-refractivity contribution in [1.82, 2.24) is 0 Å². The molecule has 0 aliphatic heterocycles. The number of benzene rings is 3. The van der Waals surface area contributed by atoms with E-state index in [2.05, 4.69) is 10.5 Å². The van der Waals surface area contributed by atoms with E-state index in [1.165, 1.54) is 12.1 Å². The van der Waals surface area contributed by atoms with Crippen LogP contribution < -0.4 is 14.9 Å². The highest BCUT2D eigenvalue weighted by Gasteiger charge is 2.10. The fraction of sp³-hybridized carbons (Fsp3) is 0.136. The van der Waals surface area contributed by atoms with Crippen LogP contribution in [0.25, 0.3) is 0 Å². The standard InChI is InChI=1S/C22H19Cl2N3O4/c1-2-30-22-11-15(13-25-26-16-5-3-6-17(12-16)27(28)29)9-10-21(22)31-14-18-19(23)7-4-8-20(18)24/h3-13,26H,2,14H2,1H3. The SMILES string of the molecule is CCOc1cc(C=NNc2cccc([N+](=O)[O-])c2)ccc1OCc1c(Cl)cccc1Cl. The Balaban J connectivity index is 1.71. The van der Waals surface area contributed by atoms with E-state index in [1.54, 1.807) is 48.7 Å². The van der Waals surface area contributed by atoms with Crippen LogP contribution in [0, 0.1) is 10.1 Å². The molecule has 1 N–H and O–H groups in total. The number of nitro benzene ring substituents is 1. The fourth-order valence-electron chi connectivity index (χ4n) is 2.68. The van der Waals surface area contributed by atoms with Crippen molar-refractivity contribution in [3.63, 3.8) is 0 Å². The number of halogens is 2. The molecule has 0 aromatic heterocycles. The van der Waals surface area contributed by atoms with Gasteiger partial charge in [-0.15, -0.1) is 0 Å². The molecule has 0 saturated carbocycles. The largest absolute Gasteiger partial charge is 0.490 e. The van der Waals surface area contributed by atoms with Gasteiger partial charge in [0.15, 0.2) is 11.5 Å². The molecule has 0 fully saturated rings. The number of hydrogen-bond donors (Lipinski definition) is 1. The molecule has 0 aliphatic rings. The highest BCUT2D eigenvalue weighted by molar-refractivity contribution is 6.35. The highest BCUT2D eigenvalue weighted by atomic mass is 35.5. The third kappa shape index (κ3) is 6.10. The van der Waals surface area contributed by atoms with Crippen LogP contribution in [-0.2, 0) is 6.61 Å². The molecule has 0 saturated heterocycles. The van der Waals surface area contributed by atoms with Crippen LogP contribution in [0.2, 0.25) is 10.0 Å². The lowest BCUT2D eigenvalue weighted by atomic mass is 10.2. The van der Waals surface area contributed by atoms with Crippen LogP contribution in [0.3, 0.4) is 0 Å². The van der Waals surface area contributed by atoms with Gasteiger partial charge in [-0.3, -0.25) is 15.5 Å². The zero-order valence-corrected chi connectivity index (χ0v) is 18.1. The molecular formula is C22H19Cl2N3O4. The van der Waals surface area contributed by atoms with Gasteiger partial charge in [-0.05, 0) is 48.9 Å². The molecule has 0 bridgehead atoms. The Morgan fingerprint density at radius 3 is 2.48 bits per heavy atom. The van der Waals surface area contributed by atoms with Crippen molar-refractivity contribution >= 4 is 40.8 Å². The van der Waals surface area contributed by atoms with Gasteiger partial charge in [0.2, 0.25) is 0 Å². The van der Waals surface area contributed by atoms with Gasteiger partial charge < -0.3 is 9.47 Å². The molecule has 3 aromatic carbocycles. The molecule has 0 atom stereocenters. The lowest BCUT2D eigenvalue weighted by Gasteiger charge is -2.14. The molecule has 7 nitrogen and oxygen atoms in total. The third-order valence-corrected chi connectivity index (χ3v) is 4.87. The summed E-state index contributed by atoms with van der Waals surface area (Å²) >= 11 is 12.4. The van der Waals surface area contributed by atoms with Crippen molar-refractivity contribution in [2.75, 3.05) is 12.0 Å². The number of rotatable bonds is 9. The van der Waals surface area contributed by atoms with E-state index >= 15 is 0 Å². The summed E-state index contributed by atoms with van der Waals surface area (Å²) in [6.07, 6.45) is 1.58. The van der Waals surface area contributed by atoms with Crippen LogP contribution in [0.4, 0.5) is 11.4 Å². The first-order valence-electron chi connectivity index (χ1n) is 9.34. The number of anilines is 1. The highest BCUT2D eigenvalue weighted by Crippen LogP contribution is 2.31. The summed E-state index contributed by atoms with van der Waals surface area (Å²) in [5.41, 5.74) is 4.72. The molecule has 0 spiro atoms. The minimum absolute atomic E-state index is 0.0149. The van der Waals surface area contributed by atoms with E-state index < -0.39 is 4.92 Å². The number of ether oxygens (including phenoxy) is 2. The fourth-order valence-corrected chi connectivity index (χ4v) is 3.19. The Labute approximate surface area is 189 Å². The molecule has 31 heavy (non-hydrogen) atoms. The van der Waals surface area contributed by atoms with Gasteiger partial charge in [-0.1, -0.05) is 35.3 Å². The van der Waals surface area contributed by atoms with Crippen molar-refractivity contribution in [2.24, 2.45) is 5.10 Å². The molecule has 160 valence electrons. The number of nitrogens with zero attached hydrogens (tertiary/aromatic N) is 2. The Kier molecular flexibility index (Phi) is 7.70. The predicted molar refractivity (Wildman–Crippen MR) is 123 cm³/mol. The van der Waals surface area contributed by atoms with Crippen molar-refractivity contribution in [3.8, 4) is 11.5 Å². The van der Waals surface area contributed by atoms with Gasteiger partial charge in [0, 0.05) is 27.7 Å². The maximum atomic E-state index is 10.9. The minimum Gasteiger partial charge on any atom is -0.490 e. The summed E-state index contributed by atoms with van der Waals surface area (Å²) in [6.45, 7) is 2.52. The predicted octanol–water partition coefficient (Wildman–Crippen LogP) is 6.33. The zero-order valence-electron chi connectivity index (χ0n) is 16.5. The lowest BCUT2D eigenvalue weighted by Crippen LogP contribution is -2.01. The first kappa shape index (κ1) is 22.4. The lowest BCUT2D eigenvalue weighted by molar-refractivity contribution is -0.384. The second-order valence-electron chi connectivity index (χ2n) is 6.31.